The van der Waals surface area contributed by atoms with E-state index < -0.39 is 10.0 Å². The van der Waals surface area contributed by atoms with Gasteiger partial charge >= 0.3 is 0 Å². The van der Waals surface area contributed by atoms with Gasteiger partial charge in [0.1, 0.15) is 0 Å². The Bertz CT molecular complexity index is 1190. The van der Waals surface area contributed by atoms with Crippen molar-refractivity contribution in [3.05, 3.63) is 96.7 Å². The highest BCUT2D eigenvalue weighted by Gasteiger charge is 2.23. The van der Waals surface area contributed by atoms with E-state index in [0.29, 0.717) is 5.82 Å². The number of sulfonamides is 1. The van der Waals surface area contributed by atoms with Crippen LogP contribution in [-0.4, -0.2) is 18.2 Å². The van der Waals surface area contributed by atoms with Crippen LogP contribution in [0.1, 0.15) is 5.69 Å². The van der Waals surface area contributed by atoms with Crippen LogP contribution in [0.2, 0.25) is 0 Å². The largest absolute Gasteiger partial charge is 0.263 e. The van der Waals surface area contributed by atoms with Crippen molar-refractivity contribution in [1.29, 1.82) is 0 Å². The van der Waals surface area contributed by atoms with Crippen molar-refractivity contribution in [2.45, 2.75) is 11.8 Å². The summed E-state index contributed by atoms with van der Waals surface area (Å²) in [5.74, 6) is 0.416. The van der Waals surface area contributed by atoms with Crippen molar-refractivity contribution in [1.82, 2.24) is 9.78 Å². The molecular weight excluding hydrogens is 370 g/mol. The molecule has 0 saturated heterocycles. The summed E-state index contributed by atoms with van der Waals surface area (Å²) in [5.41, 5.74) is 3.16. The monoisotopic (exact) mass is 389 g/mol. The second-order valence-corrected chi connectivity index (χ2v) is 8.02. The zero-order chi connectivity index (χ0) is 19.6. The molecule has 0 spiro atoms. The van der Waals surface area contributed by atoms with E-state index in [1.165, 1.54) is 0 Å². The first-order chi connectivity index (χ1) is 13.6. The maximum Gasteiger partial charge on any atom is 0.263 e. The lowest BCUT2D eigenvalue weighted by Crippen LogP contribution is -2.16. The molecule has 0 aliphatic carbocycles. The van der Waals surface area contributed by atoms with E-state index in [0.717, 1.165) is 22.5 Å². The molecule has 0 aliphatic rings. The average molecular weight is 389 g/mol. The Hall–Kier alpha value is -3.38. The summed E-state index contributed by atoms with van der Waals surface area (Å²) in [6.07, 6.45) is 0. The van der Waals surface area contributed by atoms with Crippen LogP contribution in [0.4, 0.5) is 5.82 Å². The Labute approximate surface area is 164 Å². The van der Waals surface area contributed by atoms with Crippen LogP contribution in [0.25, 0.3) is 16.8 Å². The summed E-state index contributed by atoms with van der Waals surface area (Å²) in [6.45, 7) is 1.88. The molecule has 0 amide bonds. The Morgan fingerprint density at radius 1 is 0.786 bits per heavy atom. The first-order valence-electron chi connectivity index (χ1n) is 8.84. The molecule has 1 N–H and O–H groups in total. The van der Waals surface area contributed by atoms with Crippen molar-refractivity contribution in [2.75, 3.05) is 4.72 Å². The van der Waals surface area contributed by atoms with Gasteiger partial charge in [-0.25, -0.2) is 13.1 Å². The molecule has 0 atom stereocenters. The van der Waals surface area contributed by atoms with Gasteiger partial charge in [-0.3, -0.25) is 4.72 Å². The number of nitrogens with one attached hydrogen (secondary N) is 1. The number of aryl methyl sites for hydroxylation is 1. The summed E-state index contributed by atoms with van der Waals surface area (Å²) in [6, 6.07) is 27.5. The number of hydrogen-bond acceptors (Lipinski definition) is 3. The van der Waals surface area contributed by atoms with Crippen molar-refractivity contribution in [3.8, 4) is 16.8 Å². The number of benzene rings is 3. The standard InChI is InChI=1S/C22H19N3O2S/c1-17-21(18-11-5-2-6-12-18)22(25(23-17)19-13-7-3-8-14-19)24-28(26,27)20-15-9-4-10-16-20/h2-16,24H,1H3. The number of anilines is 1. The molecule has 4 aromatic rings. The normalized spacial score (nSPS) is 11.3. The lowest BCUT2D eigenvalue weighted by Gasteiger charge is -2.13. The van der Waals surface area contributed by atoms with Crippen molar-refractivity contribution in [3.63, 3.8) is 0 Å². The maximum absolute atomic E-state index is 13.0. The molecule has 0 fully saturated rings. The summed E-state index contributed by atoms with van der Waals surface area (Å²) < 4.78 is 30.5. The molecule has 3 aromatic carbocycles. The minimum atomic E-state index is -3.77. The highest BCUT2D eigenvalue weighted by molar-refractivity contribution is 7.92. The highest BCUT2D eigenvalue weighted by Crippen LogP contribution is 2.34. The first kappa shape index (κ1) is 18.0. The second kappa shape index (κ2) is 7.32. The summed E-state index contributed by atoms with van der Waals surface area (Å²) >= 11 is 0. The van der Waals surface area contributed by atoms with E-state index in [2.05, 4.69) is 9.82 Å². The SMILES string of the molecule is Cc1nn(-c2ccccc2)c(NS(=O)(=O)c2ccccc2)c1-c1ccccc1. The fourth-order valence-corrected chi connectivity index (χ4v) is 4.19. The van der Waals surface area contributed by atoms with Crippen LogP contribution in [0.5, 0.6) is 0 Å². The summed E-state index contributed by atoms with van der Waals surface area (Å²) in [5, 5.41) is 4.62. The molecule has 1 aromatic heterocycles. The Kier molecular flexibility index (Phi) is 4.71. The van der Waals surface area contributed by atoms with Gasteiger partial charge in [0.2, 0.25) is 0 Å². The van der Waals surface area contributed by atoms with Gasteiger partial charge in [-0.05, 0) is 36.8 Å². The molecule has 0 saturated carbocycles. The average Bonchev–Trinajstić information content (AvgIpc) is 3.05. The quantitative estimate of drug-likeness (QED) is 0.540. The number of hydrogen-bond donors (Lipinski definition) is 1. The van der Waals surface area contributed by atoms with Gasteiger partial charge in [0, 0.05) is 5.56 Å². The zero-order valence-electron chi connectivity index (χ0n) is 15.3. The van der Waals surface area contributed by atoms with E-state index in [1.54, 1.807) is 35.0 Å². The highest BCUT2D eigenvalue weighted by atomic mass is 32.2. The Morgan fingerprint density at radius 3 is 1.93 bits per heavy atom. The predicted molar refractivity (Wildman–Crippen MR) is 111 cm³/mol. The molecule has 6 heteroatoms. The molecular formula is C22H19N3O2S. The molecule has 4 rings (SSSR count). The molecule has 1 heterocycles. The van der Waals surface area contributed by atoms with Crippen molar-refractivity contribution >= 4 is 15.8 Å². The number of nitrogens with zero attached hydrogens (tertiary/aromatic N) is 2. The lowest BCUT2D eigenvalue weighted by molar-refractivity contribution is 0.600. The van der Waals surface area contributed by atoms with Gasteiger partial charge in [0.05, 0.1) is 16.3 Å². The van der Waals surface area contributed by atoms with E-state index in [9.17, 15) is 8.42 Å². The maximum atomic E-state index is 13.0. The summed E-state index contributed by atoms with van der Waals surface area (Å²) in [7, 11) is -3.77. The van der Waals surface area contributed by atoms with Crippen molar-refractivity contribution in [2.24, 2.45) is 0 Å². The van der Waals surface area contributed by atoms with Gasteiger partial charge in [0.15, 0.2) is 5.82 Å². The van der Waals surface area contributed by atoms with Crippen LogP contribution in [0, 0.1) is 6.92 Å². The third-order valence-electron chi connectivity index (χ3n) is 4.41. The molecule has 0 radical (unpaired) electrons. The number of aromatic nitrogens is 2. The Morgan fingerprint density at radius 2 is 1.32 bits per heavy atom. The van der Waals surface area contributed by atoms with Crippen LogP contribution in [-0.2, 0) is 10.0 Å². The fraction of sp³-hybridized carbons (Fsp3) is 0.0455. The molecule has 140 valence electrons. The third kappa shape index (κ3) is 3.42. The van der Waals surface area contributed by atoms with E-state index in [1.807, 2.05) is 67.6 Å². The second-order valence-electron chi connectivity index (χ2n) is 6.34. The van der Waals surface area contributed by atoms with Crippen molar-refractivity contribution < 1.29 is 8.42 Å². The molecule has 0 aliphatic heterocycles. The molecule has 0 bridgehead atoms. The van der Waals surface area contributed by atoms with Crippen LogP contribution in [0.15, 0.2) is 95.9 Å². The van der Waals surface area contributed by atoms with Gasteiger partial charge in [-0.1, -0.05) is 66.7 Å². The zero-order valence-corrected chi connectivity index (χ0v) is 16.1. The molecule has 28 heavy (non-hydrogen) atoms. The molecule has 0 unspecified atom stereocenters. The van der Waals surface area contributed by atoms with Crippen LogP contribution in [0.3, 0.4) is 0 Å². The number of rotatable bonds is 5. The van der Waals surface area contributed by atoms with Crippen LogP contribution >= 0.6 is 0 Å². The van der Waals surface area contributed by atoms with Gasteiger partial charge in [0.25, 0.3) is 10.0 Å². The minimum Gasteiger partial charge on any atom is -0.263 e. The fourth-order valence-electron chi connectivity index (χ4n) is 3.11. The predicted octanol–water partition coefficient (Wildman–Crippen LogP) is 4.65. The van der Waals surface area contributed by atoms with E-state index in [4.69, 9.17) is 0 Å². The summed E-state index contributed by atoms with van der Waals surface area (Å²) in [4.78, 5) is 0.201. The van der Waals surface area contributed by atoms with Gasteiger partial charge in [-0.2, -0.15) is 5.10 Å². The Balaban J connectivity index is 1.91. The third-order valence-corrected chi connectivity index (χ3v) is 5.76. The van der Waals surface area contributed by atoms with E-state index in [-0.39, 0.29) is 4.90 Å². The first-order valence-corrected chi connectivity index (χ1v) is 10.3. The van der Waals surface area contributed by atoms with Gasteiger partial charge < -0.3 is 0 Å². The smallest absolute Gasteiger partial charge is 0.263 e. The topological polar surface area (TPSA) is 64.0 Å². The molecule has 5 nitrogen and oxygen atoms in total. The van der Waals surface area contributed by atoms with Crippen LogP contribution < -0.4 is 4.72 Å². The van der Waals surface area contributed by atoms with E-state index >= 15 is 0 Å². The lowest BCUT2D eigenvalue weighted by atomic mass is 10.1. The number of para-hydroxylation sites is 1. The minimum absolute atomic E-state index is 0.201. The van der Waals surface area contributed by atoms with Gasteiger partial charge in [-0.15, -0.1) is 0 Å².